The second-order valence-corrected chi connectivity index (χ2v) is 8.72. The van der Waals surface area contributed by atoms with E-state index in [1.165, 1.54) is 4.80 Å². The van der Waals surface area contributed by atoms with Gasteiger partial charge >= 0.3 is 0 Å². The van der Waals surface area contributed by atoms with Gasteiger partial charge in [0, 0.05) is 10.6 Å². The van der Waals surface area contributed by atoms with Crippen LogP contribution >= 0.6 is 11.6 Å². The van der Waals surface area contributed by atoms with Gasteiger partial charge in [-0.2, -0.15) is 4.80 Å². The van der Waals surface area contributed by atoms with Crippen LogP contribution in [0.4, 0.5) is 0 Å². The van der Waals surface area contributed by atoms with Crippen LogP contribution in [0.3, 0.4) is 0 Å². The normalized spacial score (nSPS) is 22.4. The molecule has 8 nitrogen and oxygen atoms in total. The van der Waals surface area contributed by atoms with Gasteiger partial charge in [-0.05, 0) is 42.8 Å². The highest BCUT2D eigenvalue weighted by molar-refractivity contribution is 7.91. The molecule has 0 aliphatic carbocycles. The molecule has 1 aliphatic heterocycles. The first-order valence-corrected chi connectivity index (χ1v) is 9.50. The van der Waals surface area contributed by atoms with E-state index in [9.17, 15) is 13.2 Å². The summed E-state index contributed by atoms with van der Waals surface area (Å²) in [5, 5.41) is 15.3. The van der Waals surface area contributed by atoms with Crippen molar-refractivity contribution in [2.75, 3.05) is 11.5 Å². The Hall–Kier alpha value is -2.00. The summed E-state index contributed by atoms with van der Waals surface area (Å²) < 4.78 is 23.1. The zero-order chi connectivity index (χ0) is 17.4. The van der Waals surface area contributed by atoms with Crippen LogP contribution in [0, 0.1) is 0 Å². The third-order valence-electron chi connectivity index (χ3n) is 3.78. The molecule has 0 spiro atoms. The zero-order valence-electron chi connectivity index (χ0n) is 12.9. The Balaban J connectivity index is 1.64. The third-order valence-corrected chi connectivity index (χ3v) is 5.94. The molecule has 0 bridgehead atoms. The number of hydrogen-bond donors (Lipinski definition) is 1. The number of sulfone groups is 1. The fourth-order valence-corrected chi connectivity index (χ4v) is 4.86. The van der Waals surface area contributed by atoms with Gasteiger partial charge in [-0.1, -0.05) is 11.6 Å². The molecule has 2 heterocycles. The monoisotopic (exact) mass is 369 g/mol. The van der Waals surface area contributed by atoms with E-state index in [0.29, 0.717) is 17.3 Å². The van der Waals surface area contributed by atoms with Gasteiger partial charge in [-0.3, -0.25) is 4.79 Å². The van der Waals surface area contributed by atoms with Gasteiger partial charge in [0.15, 0.2) is 9.84 Å². The lowest BCUT2D eigenvalue weighted by atomic mass is 10.0. The van der Waals surface area contributed by atoms with Crippen molar-refractivity contribution in [1.82, 2.24) is 25.5 Å². The lowest BCUT2D eigenvalue weighted by molar-refractivity contribution is -0.123. The predicted molar refractivity (Wildman–Crippen MR) is 88.1 cm³/mol. The summed E-state index contributed by atoms with van der Waals surface area (Å²) in [5.41, 5.74) is -0.00454. The number of nitrogens with zero attached hydrogens (tertiary/aromatic N) is 4. The Morgan fingerprint density at radius 2 is 2.08 bits per heavy atom. The minimum absolute atomic E-state index is 0.0491. The van der Waals surface area contributed by atoms with Gasteiger partial charge in [0.2, 0.25) is 11.7 Å². The molecule has 3 rings (SSSR count). The van der Waals surface area contributed by atoms with Crippen molar-refractivity contribution >= 4 is 27.3 Å². The number of halogens is 1. The maximum absolute atomic E-state index is 12.1. The maximum Gasteiger partial charge on any atom is 0.244 e. The summed E-state index contributed by atoms with van der Waals surface area (Å²) in [6.45, 7) is 1.60. The van der Waals surface area contributed by atoms with Gasteiger partial charge in [-0.25, -0.2) is 8.42 Å². The van der Waals surface area contributed by atoms with Gasteiger partial charge in [0.25, 0.3) is 0 Å². The number of tetrazole rings is 1. The molecular formula is C14H16ClN5O3S. The van der Waals surface area contributed by atoms with E-state index in [-0.39, 0.29) is 24.0 Å². The molecule has 1 unspecified atom stereocenters. The molecule has 24 heavy (non-hydrogen) atoms. The minimum atomic E-state index is -3.08. The summed E-state index contributed by atoms with van der Waals surface area (Å²) in [7, 11) is -3.08. The molecule has 2 aromatic rings. The zero-order valence-corrected chi connectivity index (χ0v) is 14.5. The van der Waals surface area contributed by atoms with Crippen LogP contribution in [0.25, 0.3) is 11.4 Å². The molecule has 1 aromatic carbocycles. The summed E-state index contributed by atoms with van der Waals surface area (Å²) in [6.07, 6.45) is 0.405. The van der Waals surface area contributed by atoms with Gasteiger partial charge < -0.3 is 5.32 Å². The Morgan fingerprint density at radius 1 is 1.38 bits per heavy atom. The third kappa shape index (κ3) is 3.90. The molecule has 0 saturated carbocycles. The van der Waals surface area contributed by atoms with Crippen molar-refractivity contribution in [2.24, 2.45) is 0 Å². The van der Waals surface area contributed by atoms with Crippen LogP contribution in [0.1, 0.15) is 13.3 Å². The van der Waals surface area contributed by atoms with Crippen LogP contribution < -0.4 is 5.32 Å². The molecule has 10 heteroatoms. The second kappa shape index (κ2) is 6.14. The van der Waals surface area contributed by atoms with E-state index < -0.39 is 15.4 Å². The number of rotatable bonds is 4. The standard InChI is InChI=1S/C14H16ClN5O3S/c1-14(6-7-24(22,23)9-14)16-12(21)8-20-18-13(17-19-20)10-2-4-11(15)5-3-10/h2-5H,6-9H2,1H3,(H,16,21). The smallest absolute Gasteiger partial charge is 0.244 e. The highest BCUT2D eigenvalue weighted by Gasteiger charge is 2.39. The van der Waals surface area contributed by atoms with Crippen LogP contribution in [0.5, 0.6) is 0 Å². The van der Waals surface area contributed by atoms with E-state index in [2.05, 4.69) is 20.7 Å². The Labute approximate surface area is 144 Å². The fourth-order valence-electron chi connectivity index (χ4n) is 2.64. The number of amides is 1. The summed E-state index contributed by atoms with van der Waals surface area (Å²) in [6, 6.07) is 6.94. The Morgan fingerprint density at radius 3 is 2.71 bits per heavy atom. The van der Waals surface area contributed by atoms with Crippen molar-refractivity contribution in [3.63, 3.8) is 0 Å². The molecule has 1 atom stereocenters. The first-order valence-electron chi connectivity index (χ1n) is 7.30. The lowest BCUT2D eigenvalue weighted by Crippen LogP contribution is -2.48. The van der Waals surface area contributed by atoms with E-state index in [1.807, 2.05) is 0 Å². The van der Waals surface area contributed by atoms with Crippen molar-refractivity contribution in [3.05, 3.63) is 29.3 Å². The molecule has 128 valence electrons. The number of hydrogen-bond acceptors (Lipinski definition) is 6. The predicted octanol–water partition coefficient (Wildman–Crippen LogP) is 0.687. The first-order chi connectivity index (χ1) is 11.2. The van der Waals surface area contributed by atoms with E-state index in [4.69, 9.17) is 11.6 Å². The first kappa shape index (κ1) is 16.8. The van der Waals surface area contributed by atoms with Crippen LogP contribution in [0.2, 0.25) is 5.02 Å². The Bertz CT molecular complexity index is 865. The minimum Gasteiger partial charge on any atom is -0.348 e. The van der Waals surface area contributed by atoms with Crippen LogP contribution in [-0.4, -0.2) is 51.6 Å². The highest BCUT2D eigenvalue weighted by atomic mass is 35.5. The van der Waals surface area contributed by atoms with Crippen LogP contribution in [0.15, 0.2) is 24.3 Å². The molecular weight excluding hydrogens is 354 g/mol. The number of nitrogens with one attached hydrogen (secondary N) is 1. The average molecular weight is 370 g/mol. The fraction of sp³-hybridized carbons (Fsp3) is 0.429. The molecule has 1 fully saturated rings. The van der Waals surface area contributed by atoms with Gasteiger partial charge in [-0.15, -0.1) is 10.2 Å². The largest absolute Gasteiger partial charge is 0.348 e. The van der Waals surface area contributed by atoms with Gasteiger partial charge in [0.1, 0.15) is 6.54 Å². The van der Waals surface area contributed by atoms with Crippen LogP contribution in [-0.2, 0) is 21.2 Å². The highest BCUT2D eigenvalue weighted by Crippen LogP contribution is 2.22. The van der Waals surface area contributed by atoms with E-state index in [1.54, 1.807) is 31.2 Å². The molecule has 1 aliphatic rings. The molecule has 1 saturated heterocycles. The maximum atomic E-state index is 12.1. The lowest BCUT2D eigenvalue weighted by Gasteiger charge is -2.23. The number of carbonyl (C=O) groups is 1. The summed E-state index contributed by atoms with van der Waals surface area (Å²) in [5.74, 6) is 0.0716. The summed E-state index contributed by atoms with van der Waals surface area (Å²) >= 11 is 5.83. The second-order valence-electron chi connectivity index (χ2n) is 6.10. The molecule has 1 amide bonds. The molecule has 1 N–H and O–H groups in total. The number of carbonyl (C=O) groups excluding carboxylic acids is 1. The molecule has 0 radical (unpaired) electrons. The van der Waals surface area contributed by atoms with Crippen molar-refractivity contribution in [3.8, 4) is 11.4 Å². The number of aromatic nitrogens is 4. The topological polar surface area (TPSA) is 107 Å². The van der Waals surface area contributed by atoms with Crippen molar-refractivity contribution < 1.29 is 13.2 Å². The SMILES string of the molecule is CC1(NC(=O)Cn2nnc(-c3ccc(Cl)cc3)n2)CCS(=O)(=O)C1. The quantitative estimate of drug-likeness (QED) is 0.849. The van der Waals surface area contributed by atoms with Gasteiger partial charge in [0.05, 0.1) is 17.0 Å². The number of benzene rings is 1. The average Bonchev–Trinajstić information content (AvgIpc) is 3.04. The Kier molecular flexibility index (Phi) is 4.31. The molecule has 1 aromatic heterocycles. The summed E-state index contributed by atoms with van der Waals surface area (Å²) in [4.78, 5) is 13.3. The van der Waals surface area contributed by atoms with E-state index in [0.717, 1.165) is 5.56 Å². The van der Waals surface area contributed by atoms with Crippen molar-refractivity contribution in [2.45, 2.75) is 25.4 Å². The van der Waals surface area contributed by atoms with Crippen molar-refractivity contribution in [1.29, 1.82) is 0 Å². The van der Waals surface area contributed by atoms with E-state index >= 15 is 0 Å².